The Kier molecular flexibility index (Phi) is 10.7. The third-order valence-electron chi connectivity index (χ3n) is 3.08. The van der Waals surface area contributed by atoms with Gasteiger partial charge in [0.25, 0.3) is 0 Å². The quantitative estimate of drug-likeness (QED) is 0.344. The van der Waals surface area contributed by atoms with Gasteiger partial charge in [0.1, 0.15) is 0 Å². The summed E-state index contributed by atoms with van der Waals surface area (Å²) in [4.78, 5) is 0.293. The summed E-state index contributed by atoms with van der Waals surface area (Å²) in [5, 5.41) is 0. The van der Waals surface area contributed by atoms with Crippen molar-refractivity contribution < 1.29 is 8.85 Å². The molecular weight excluding hydrogens is 248 g/mol. The van der Waals surface area contributed by atoms with Crippen LogP contribution in [0.15, 0.2) is 0 Å². The van der Waals surface area contributed by atoms with Crippen molar-refractivity contribution in [2.24, 2.45) is 0 Å². The molecule has 0 saturated heterocycles. The average Bonchev–Trinajstić information content (AvgIpc) is 2.36. The SMILES string of the molecule is CCCCO[Si](CC)(OCCCC)C(S)CC. The van der Waals surface area contributed by atoms with Crippen LogP contribution in [0.1, 0.15) is 59.8 Å². The standard InChI is InChI=1S/C13H30O2SSi/c1-5-9-11-14-17(8-4,13(16)7-3)15-12-10-6-2/h13,16H,5-12H2,1-4H3. The lowest BCUT2D eigenvalue weighted by atomic mass is 10.4. The largest absolute Gasteiger partial charge is 0.394 e. The van der Waals surface area contributed by atoms with Crippen molar-refractivity contribution in [2.75, 3.05) is 13.2 Å². The molecule has 0 rings (SSSR count). The van der Waals surface area contributed by atoms with E-state index in [1.165, 1.54) is 12.8 Å². The minimum Gasteiger partial charge on any atom is -0.394 e. The summed E-state index contributed by atoms with van der Waals surface area (Å²) in [6, 6.07) is 1.00. The fraction of sp³-hybridized carbons (Fsp3) is 1.00. The highest BCUT2D eigenvalue weighted by molar-refractivity contribution is 7.83. The molecule has 0 N–H and O–H groups in total. The maximum absolute atomic E-state index is 6.16. The van der Waals surface area contributed by atoms with Crippen LogP contribution in [0, 0.1) is 0 Å². The minimum absolute atomic E-state index is 0.293. The van der Waals surface area contributed by atoms with E-state index in [2.05, 4.69) is 27.7 Å². The molecule has 0 saturated carbocycles. The molecule has 0 bridgehead atoms. The van der Waals surface area contributed by atoms with E-state index in [4.69, 9.17) is 21.5 Å². The first-order chi connectivity index (χ1) is 8.16. The molecule has 0 radical (unpaired) electrons. The van der Waals surface area contributed by atoms with E-state index < -0.39 is 8.56 Å². The molecule has 2 nitrogen and oxygen atoms in total. The number of thiol groups is 1. The van der Waals surface area contributed by atoms with Gasteiger partial charge in [-0.05, 0) is 25.3 Å². The first-order valence-corrected chi connectivity index (χ1v) is 9.74. The zero-order chi connectivity index (χ0) is 13.1. The topological polar surface area (TPSA) is 18.5 Å². The molecule has 0 aliphatic rings. The van der Waals surface area contributed by atoms with Crippen molar-refractivity contribution in [1.82, 2.24) is 0 Å². The highest BCUT2D eigenvalue weighted by Crippen LogP contribution is 2.25. The van der Waals surface area contributed by atoms with Gasteiger partial charge in [0.2, 0.25) is 0 Å². The van der Waals surface area contributed by atoms with Gasteiger partial charge in [-0.15, -0.1) is 0 Å². The van der Waals surface area contributed by atoms with Gasteiger partial charge in [-0.1, -0.05) is 40.5 Å². The summed E-state index contributed by atoms with van der Waals surface area (Å²) in [6.45, 7) is 10.4. The second-order valence-corrected chi connectivity index (χ2v) is 9.21. The molecule has 0 aliphatic carbocycles. The van der Waals surface area contributed by atoms with E-state index in [-0.39, 0.29) is 0 Å². The first-order valence-electron chi connectivity index (χ1n) is 7.12. The van der Waals surface area contributed by atoms with Gasteiger partial charge in [0, 0.05) is 18.1 Å². The summed E-state index contributed by atoms with van der Waals surface area (Å²) in [7, 11) is -2.08. The number of hydrogen-bond donors (Lipinski definition) is 1. The van der Waals surface area contributed by atoms with Gasteiger partial charge in [0.05, 0.1) is 0 Å². The van der Waals surface area contributed by atoms with Crippen LogP contribution in [0.25, 0.3) is 0 Å². The van der Waals surface area contributed by atoms with E-state index in [0.29, 0.717) is 4.87 Å². The van der Waals surface area contributed by atoms with Gasteiger partial charge in [-0.2, -0.15) is 12.6 Å². The van der Waals surface area contributed by atoms with Crippen LogP contribution >= 0.6 is 12.6 Å². The fourth-order valence-corrected chi connectivity index (χ4v) is 5.71. The lowest BCUT2D eigenvalue weighted by Crippen LogP contribution is -2.51. The third kappa shape index (κ3) is 6.27. The number of hydrogen-bond acceptors (Lipinski definition) is 3. The van der Waals surface area contributed by atoms with Crippen molar-refractivity contribution in [3.8, 4) is 0 Å². The summed E-state index contributed by atoms with van der Waals surface area (Å²) in [5.41, 5.74) is 0. The van der Waals surface area contributed by atoms with Gasteiger partial charge in [-0.25, -0.2) is 0 Å². The Morgan fingerprint density at radius 2 is 1.41 bits per heavy atom. The van der Waals surface area contributed by atoms with Gasteiger partial charge < -0.3 is 8.85 Å². The second-order valence-electron chi connectivity index (χ2n) is 4.49. The van der Waals surface area contributed by atoms with Crippen LogP contribution in [-0.2, 0) is 8.85 Å². The van der Waals surface area contributed by atoms with Crippen molar-refractivity contribution >= 4 is 21.2 Å². The zero-order valence-corrected chi connectivity index (χ0v) is 13.9. The molecule has 0 amide bonds. The normalized spacial score (nSPS) is 13.9. The monoisotopic (exact) mass is 278 g/mol. The molecule has 0 fully saturated rings. The molecule has 1 atom stereocenters. The van der Waals surface area contributed by atoms with Crippen LogP contribution in [-0.4, -0.2) is 26.6 Å². The summed E-state index contributed by atoms with van der Waals surface area (Å²) >= 11 is 4.71. The highest BCUT2D eigenvalue weighted by Gasteiger charge is 2.41. The summed E-state index contributed by atoms with van der Waals surface area (Å²) in [6.07, 6.45) is 5.62. The van der Waals surface area contributed by atoms with Crippen molar-refractivity contribution in [1.29, 1.82) is 0 Å². The Morgan fingerprint density at radius 1 is 0.941 bits per heavy atom. The number of unbranched alkanes of at least 4 members (excludes halogenated alkanes) is 2. The van der Waals surface area contributed by atoms with Crippen molar-refractivity contribution in [3.05, 3.63) is 0 Å². The predicted octanol–water partition coefficient (Wildman–Crippen LogP) is 4.33. The Bertz CT molecular complexity index is 169. The smallest absolute Gasteiger partial charge is 0.351 e. The molecule has 0 aromatic carbocycles. The molecule has 17 heavy (non-hydrogen) atoms. The van der Waals surface area contributed by atoms with Gasteiger partial charge in [-0.3, -0.25) is 0 Å². The van der Waals surface area contributed by atoms with Crippen LogP contribution in [0.5, 0.6) is 0 Å². The van der Waals surface area contributed by atoms with E-state index in [0.717, 1.165) is 38.5 Å². The lowest BCUT2D eigenvalue weighted by Gasteiger charge is -2.34. The third-order valence-corrected chi connectivity index (χ3v) is 8.42. The fourth-order valence-electron chi connectivity index (χ4n) is 1.76. The Balaban J connectivity index is 4.39. The first kappa shape index (κ1) is 17.5. The molecule has 0 heterocycles. The van der Waals surface area contributed by atoms with Gasteiger partial charge >= 0.3 is 8.56 Å². The van der Waals surface area contributed by atoms with Crippen LogP contribution in [0.4, 0.5) is 0 Å². The Labute approximate surface area is 114 Å². The molecule has 0 aromatic heterocycles. The lowest BCUT2D eigenvalue weighted by molar-refractivity contribution is 0.162. The maximum Gasteiger partial charge on any atom is 0.351 e. The van der Waals surface area contributed by atoms with Crippen molar-refractivity contribution in [2.45, 2.75) is 70.7 Å². The van der Waals surface area contributed by atoms with Crippen LogP contribution in [0.2, 0.25) is 6.04 Å². The molecule has 104 valence electrons. The molecule has 0 aromatic rings. The summed E-state index contributed by atoms with van der Waals surface area (Å²) < 4.78 is 12.3. The zero-order valence-electron chi connectivity index (χ0n) is 12.0. The minimum atomic E-state index is -2.08. The van der Waals surface area contributed by atoms with Gasteiger partial charge in [0.15, 0.2) is 0 Å². The van der Waals surface area contributed by atoms with E-state index in [1.54, 1.807) is 0 Å². The second kappa shape index (κ2) is 10.4. The molecule has 1 unspecified atom stereocenters. The summed E-state index contributed by atoms with van der Waals surface area (Å²) in [5.74, 6) is 0. The predicted molar refractivity (Wildman–Crippen MR) is 81.0 cm³/mol. The molecule has 0 spiro atoms. The highest BCUT2D eigenvalue weighted by atomic mass is 32.1. The van der Waals surface area contributed by atoms with Crippen LogP contribution < -0.4 is 0 Å². The maximum atomic E-state index is 6.16. The van der Waals surface area contributed by atoms with Crippen LogP contribution in [0.3, 0.4) is 0 Å². The average molecular weight is 279 g/mol. The molecule has 4 heteroatoms. The Morgan fingerprint density at radius 3 is 1.71 bits per heavy atom. The molecular formula is C13H30O2SSi. The number of rotatable bonds is 11. The van der Waals surface area contributed by atoms with Crippen molar-refractivity contribution in [3.63, 3.8) is 0 Å². The van der Waals surface area contributed by atoms with E-state index >= 15 is 0 Å². The van der Waals surface area contributed by atoms with E-state index in [9.17, 15) is 0 Å². The van der Waals surface area contributed by atoms with E-state index in [1.807, 2.05) is 0 Å². The molecule has 0 aliphatic heterocycles. The Hall–Kier alpha value is 0.487.